The normalized spacial score (nSPS) is 22.2. The fraction of sp³-hybridized carbons (Fsp3) is 0.625. The standard InChI is InChI=1S/C16H20N2O12S2/c19-11(17-13(21)7-9(15(17)23)31(25,26)27)5-3-1-2-4-6-12(20)18-14(22)8-10(16(18)24)32(28,29)30/h9-10H,1-8H2,(H,25,26,27)(H,28,29,30). The lowest BCUT2D eigenvalue weighted by Gasteiger charge is -2.13. The van der Waals surface area contributed by atoms with Crippen molar-refractivity contribution in [3.05, 3.63) is 0 Å². The van der Waals surface area contributed by atoms with Gasteiger partial charge in [-0.25, -0.2) is 9.80 Å². The monoisotopic (exact) mass is 496 g/mol. The lowest BCUT2D eigenvalue weighted by atomic mass is 10.1. The van der Waals surface area contributed by atoms with Gasteiger partial charge in [-0.05, 0) is 12.8 Å². The molecule has 2 N–H and O–H groups in total. The second kappa shape index (κ2) is 9.51. The largest absolute Gasteiger partial charge is 0.285 e. The van der Waals surface area contributed by atoms with Gasteiger partial charge in [-0.15, -0.1) is 0 Å². The molecule has 6 amide bonds. The van der Waals surface area contributed by atoms with Crippen LogP contribution in [0.15, 0.2) is 0 Å². The number of hydrogen-bond donors (Lipinski definition) is 2. The Balaban J connectivity index is 1.75. The number of likely N-dealkylation sites (tertiary alicyclic amines) is 2. The van der Waals surface area contributed by atoms with Crippen LogP contribution in [0.1, 0.15) is 51.4 Å². The van der Waals surface area contributed by atoms with Gasteiger partial charge in [-0.1, -0.05) is 12.8 Å². The summed E-state index contributed by atoms with van der Waals surface area (Å²) in [5.74, 6) is -6.53. The van der Waals surface area contributed by atoms with Crippen molar-refractivity contribution < 1.29 is 54.7 Å². The van der Waals surface area contributed by atoms with Crippen molar-refractivity contribution in [2.24, 2.45) is 0 Å². The quantitative estimate of drug-likeness (QED) is 0.210. The van der Waals surface area contributed by atoms with Crippen molar-refractivity contribution >= 4 is 55.7 Å². The zero-order valence-electron chi connectivity index (χ0n) is 16.5. The topological polar surface area (TPSA) is 218 Å². The lowest BCUT2D eigenvalue weighted by Crippen LogP contribution is -2.39. The summed E-state index contributed by atoms with van der Waals surface area (Å²) < 4.78 is 62.2. The SMILES string of the molecule is O=C(CCCCCCC(=O)N1C(=O)CC(S(=O)(=O)O)C1=O)N1C(=O)CC(S(=O)(=O)O)C1=O. The van der Waals surface area contributed by atoms with E-state index in [1.54, 1.807) is 0 Å². The van der Waals surface area contributed by atoms with Crippen LogP contribution < -0.4 is 0 Å². The predicted molar refractivity (Wildman–Crippen MR) is 101 cm³/mol. The van der Waals surface area contributed by atoms with Gasteiger partial charge in [0.05, 0.1) is 12.8 Å². The Morgan fingerprint density at radius 1 is 0.688 bits per heavy atom. The molecule has 14 nitrogen and oxygen atoms in total. The summed E-state index contributed by atoms with van der Waals surface area (Å²) in [4.78, 5) is 71.6. The molecule has 0 spiro atoms. The van der Waals surface area contributed by atoms with Crippen LogP contribution in [0.5, 0.6) is 0 Å². The fourth-order valence-corrected chi connectivity index (χ4v) is 4.75. The molecular weight excluding hydrogens is 476 g/mol. The number of unbranched alkanes of at least 4 members (excludes halogenated alkanes) is 3. The molecule has 0 aromatic heterocycles. The smallest absolute Gasteiger partial charge is 0.277 e. The summed E-state index contributed by atoms with van der Waals surface area (Å²) in [6, 6.07) is 0. The number of imide groups is 6. The summed E-state index contributed by atoms with van der Waals surface area (Å²) >= 11 is 0. The van der Waals surface area contributed by atoms with E-state index >= 15 is 0 Å². The molecule has 32 heavy (non-hydrogen) atoms. The molecule has 2 saturated heterocycles. The molecule has 2 atom stereocenters. The molecule has 0 saturated carbocycles. The number of carbonyl (C=O) groups is 6. The van der Waals surface area contributed by atoms with Gasteiger partial charge in [0.15, 0.2) is 10.5 Å². The molecule has 2 rings (SSSR count). The van der Waals surface area contributed by atoms with Crippen LogP contribution in [0.3, 0.4) is 0 Å². The number of amides is 6. The van der Waals surface area contributed by atoms with Gasteiger partial charge in [0, 0.05) is 12.8 Å². The number of nitrogens with zero attached hydrogens (tertiary/aromatic N) is 2. The highest BCUT2D eigenvalue weighted by atomic mass is 32.2. The van der Waals surface area contributed by atoms with E-state index in [9.17, 15) is 45.6 Å². The zero-order valence-corrected chi connectivity index (χ0v) is 18.1. The van der Waals surface area contributed by atoms with Crippen molar-refractivity contribution in [2.45, 2.75) is 61.9 Å². The van der Waals surface area contributed by atoms with Gasteiger partial charge >= 0.3 is 0 Å². The molecule has 0 aliphatic carbocycles. The maximum Gasteiger partial charge on any atom is 0.277 e. The second-order valence-corrected chi connectivity index (χ2v) is 10.4. The second-order valence-electron chi connectivity index (χ2n) is 7.25. The zero-order chi connectivity index (χ0) is 24.4. The third kappa shape index (κ3) is 5.62. The first-order valence-electron chi connectivity index (χ1n) is 9.38. The van der Waals surface area contributed by atoms with Gasteiger partial charge in [0.1, 0.15) is 0 Å². The Hall–Kier alpha value is -2.56. The molecule has 16 heteroatoms. The molecule has 0 aromatic carbocycles. The lowest BCUT2D eigenvalue weighted by molar-refractivity contribution is -0.152. The summed E-state index contributed by atoms with van der Waals surface area (Å²) in [6.45, 7) is 0. The predicted octanol–water partition coefficient (Wildman–Crippen LogP) is -1.59. The van der Waals surface area contributed by atoms with Crippen LogP contribution in [-0.4, -0.2) is 81.7 Å². The van der Waals surface area contributed by atoms with Crippen LogP contribution in [0.4, 0.5) is 0 Å². The first-order valence-corrected chi connectivity index (χ1v) is 12.4. The van der Waals surface area contributed by atoms with Gasteiger partial charge in [-0.2, -0.15) is 16.8 Å². The van der Waals surface area contributed by atoms with Crippen LogP contribution in [-0.2, 0) is 49.0 Å². The Kier molecular flexibility index (Phi) is 7.64. The third-order valence-electron chi connectivity index (χ3n) is 4.96. The van der Waals surface area contributed by atoms with Gasteiger partial charge in [-0.3, -0.25) is 37.9 Å². The van der Waals surface area contributed by atoms with Crippen molar-refractivity contribution in [3.8, 4) is 0 Å². The highest BCUT2D eigenvalue weighted by Crippen LogP contribution is 2.22. The third-order valence-corrected chi connectivity index (χ3v) is 7.13. The minimum atomic E-state index is -4.81. The van der Waals surface area contributed by atoms with E-state index < -0.39 is 79.0 Å². The van der Waals surface area contributed by atoms with Crippen LogP contribution >= 0.6 is 0 Å². The maximum absolute atomic E-state index is 12.0. The van der Waals surface area contributed by atoms with Crippen molar-refractivity contribution in [3.63, 3.8) is 0 Å². The van der Waals surface area contributed by atoms with Crippen molar-refractivity contribution in [2.75, 3.05) is 0 Å². The van der Waals surface area contributed by atoms with Crippen molar-refractivity contribution in [1.29, 1.82) is 0 Å². The van der Waals surface area contributed by atoms with Gasteiger partial charge < -0.3 is 0 Å². The number of carbonyl (C=O) groups excluding carboxylic acids is 6. The van der Waals surface area contributed by atoms with Crippen LogP contribution in [0, 0.1) is 0 Å². The number of rotatable bonds is 9. The van der Waals surface area contributed by atoms with Gasteiger partial charge in [0.25, 0.3) is 32.1 Å². The molecule has 2 heterocycles. The van der Waals surface area contributed by atoms with Gasteiger partial charge in [0.2, 0.25) is 23.6 Å². The molecule has 0 radical (unpaired) electrons. The molecular formula is C16H20N2O12S2. The number of hydrogen-bond acceptors (Lipinski definition) is 10. The molecule has 178 valence electrons. The van der Waals surface area contributed by atoms with E-state index in [-0.39, 0.29) is 35.5 Å². The molecule has 2 aliphatic rings. The first-order chi connectivity index (χ1) is 14.7. The van der Waals surface area contributed by atoms with Crippen molar-refractivity contribution in [1.82, 2.24) is 9.80 Å². The highest BCUT2D eigenvalue weighted by molar-refractivity contribution is 7.87. The highest BCUT2D eigenvalue weighted by Gasteiger charge is 2.49. The fourth-order valence-electron chi connectivity index (χ4n) is 3.33. The van der Waals surface area contributed by atoms with E-state index in [0.29, 0.717) is 12.8 Å². The Morgan fingerprint density at radius 2 is 1.00 bits per heavy atom. The maximum atomic E-state index is 12.0. The Labute approximate surface area is 182 Å². The summed E-state index contributed by atoms with van der Waals surface area (Å²) in [7, 11) is -9.63. The molecule has 2 fully saturated rings. The summed E-state index contributed by atoms with van der Waals surface area (Å²) in [6.07, 6.45) is -1.17. The molecule has 0 aromatic rings. The average molecular weight is 496 g/mol. The Bertz CT molecular complexity index is 992. The summed E-state index contributed by atoms with van der Waals surface area (Å²) in [5, 5.41) is -4.00. The molecule has 2 aliphatic heterocycles. The van der Waals surface area contributed by atoms with E-state index in [1.165, 1.54) is 0 Å². The summed E-state index contributed by atoms with van der Waals surface area (Å²) in [5.41, 5.74) is 0. The van der Waals surface area contributed by atoms with E-state index in [4.69, 9.17) is 9.11 Å². The van der Waals surface area contributed by atoms with Crippen LogP contribution in [0.2, 0.25) is 0 Å². The average Bonchev–Trinajstić information content (AvgIpc) is 3.12. The van der Waals surface area contributed by atoms with E-state index in [0.717, 1.165) is 0 Å². The minimum Gasteiger partial charge on any atom is -0.285 e. The van der Waals surface area contributed by atoms with E-state index in [1.807, 2.05) is 0 Å². The first kappa shape index (κ1) is 25.7. The Morgan fingerprint density at radius 3 is 1.25 bits per heavy atom. The molecule has 0 bridgehead atoms. The van der Waals surface area contributed by atoms with Crippen LogP contribution in [0.25, 0.3) is 0 Å². The van der Waals surface area contributed by atoms with E-state index in [2.05, 4.69) is 0 Å². The minimum absolute atomic E-state index is 0.174. The molecule has 2 unspecified atom stereocenters.